The van der Waals surface area contributed by atoms with Crippen LogP contribution in [0.1, 0.15) is 63.5 Å². The molecular weight excluding hydrogens is 564 g/mol. The van der Waals surface area contributed by atoms with Crippen LogP contribution in [0, 0.1) is 0 Å². The van der Waals surface area contributed by atoms with Crippen molar-refractivity contribution in [2.75, 3.05) is 33.5 Å². The lowest BCUT2D eigenvalue weighted by molar-refractivity contribution is 0.0719. The fourth-order valence-corrected chi connectivity index (χ4v) is 5.40. The van der Waals surface area contributed by atoms with E-state index in [1.165, 1.54) is 16.7 Å². The third-order valence-electron chi connectivity index (χ3n) is 7.90. The Bertz CT molecular complexity index is 1520. The maximum Gasteiger partial charge on any atom is 0.258 e. The molecule has 0 bridgehead atoms. The third kappa shape index (κ3) is 8.94. The summed E-state index contributed by atoms with van der Waals surface area (Å²) in [5.74, 6) is 1.38. The van der Waals surface area contributed by atoms with E-state index in [1.807, 2.05) is 77.7 Å². The van der Waals surface area contributed by atoms with Crippen LogP contribution >= 0.6 is 0 Å². The molecule has 0 aliphatic carbocycles. The van der Waals surface area contributed by atoms with Gasteiger partial charge in [0.15, 0.2) is 0 Å². The zero-order valence-electron chi connectivity index (χ0n) is 26.6. The molecule has 4 aromatic carbocycles. The van der Waals surface area contributed by atoms with Gasteiger partial charge >= 0.3 is 0 Å². The van der Waals surface area contributed by atoms with E-state index < -0.39 is 0 Å². The summed E-state index contributed by atoms with van der Waals surface area (Å²) in [6.07, 6.45) is 0. The molecule has 0 fully saturated rings. The minimum atomic E-state index is -0.0429. The first-order chi connectivity index (χ1) is 22.0. The van der Waals surface area contributed by atoms with Gasteiger partial charge in [-0.15, -0.1) is 0 Å². The minimum Gasteiger partial charge on any atom is -0.488 e. The highest BCUT2D eigenvalue weighted by Gasteiger charge is 2.28. The molecule has 1 heterocycles. The molecule has 4 aromatic rings. The summed E-state index contributed by atoms with van der Waals surface area (Å²) >= 11 is 0. The molecule has 7 nitrogen and oxygen atoms in total. The average molecular weight is 609 g/mol. The summed E-state index contributed by atoms with van der Waals surface area (Å²) < 4.78 is 23.2. The van der Waals surface area contributed by atoms with Gasteiger partial charge in [-0.1, -0.05) is 92.7 Å². The molecule has 0 aromatic heterocycles. The summed E-state index contributed by atoms with van der Waals surface area (Å²) in [6, 6.07) is 30.5. The topological polar surface area (TPSA) is 69.3 Å². The van der Waals surface area contributed by atoms with Crippen LogP contribution in [0.15, 0.2) is 91.0 Å². The standard InChI is InChI=1S/C38H44N2O5/c1-28(2)34-21-35(37(45-27-30-12-8-5-9-13-30)22-36(34)44-26-29-10-6-4-7-11-29)38(41)40-24-32-15-14-31(20-33(32)25-40)23-39-16-17-43-19-18-42-3/h4-15,20-22,28,39H,16-19,23-27H2,1-3H3. The average Bonchev–Trinajstić information content (AvgIpc) is 3.50. The lowest BCUT2D eigenvalue weighted by Crippen LogP contribution is -2.26. The summed E-state index contributed by atoms with van der Waals surface area (Å²) in [7, 11) is 1.67. The molecule has 0 radical (unpaired) electrons. The first-order valence-corrected chi connectivity index (χ1v) is 15.7. The van der Waals surface area contributed by atoms with E-state index in [2.05, 4.69) is 37.4 Å². The van der Waals surface area contributed by atoms with E-state index in [0.717, 1.165) is 35.5 Å². The number of rotatable bonds is 16. The van der Waals surface area contributed by atoms with Crippen molar-refractivity contribution in [2.24, 2.45) is 0 Å². The molecule has 1 aliphatic rings. The normalized spacial score (nSPS) is 12.4. The number of hydrogen-bond donors (Lipinski definition) is 1. The van der Waals surface area contributed by atoms with Crippen LogP contribution in [-0.2, 0) is 42.3 Å². The third-order valence-corrected chi connectivity index (χ3v) is 7.90. The highest BCUT2D eigenvalue weighted by atomic mass is 16.5. The summed E-state index contributed by atoms with van der Waals surface area (Å²) in [4.78, 5) is 16.1. The number of carbonyl (C=O) groups is 1. The van der Waals surface area contributed by atoms with E-state index >= 15 is 0 Å². The molecule has 236 valence electrons. The van der Waals surface area contributed by atoms with Crippen molar-refractivity contribution in [2.45, 2.75) is 52.6 Å². The highest BCUT2D eigenvalue weighted by Crippen LogP contribution is 2.37. The molecule has 45 heavy (non-hydrogen) atoms. The van der Waals surface area contributed by atoms with E-state index in [0.29, 0.717) is 57.4 Å². The van der Waals surface area contributed by atoms with Crippen molar-refractivity contribution in [1.29, 1.82) is 0 Å². The van der Waals surface area contributed by atoms with Crippen molar-refractivity contribution in [3.8, 4) is 11.5 Å². The smallest absolute Gasteiger partial charge is 0.258 e. The molecule has 5 rings (SSSR count). The SMILES string of the molecule is COCCOCCNCc1ccc2c(c1)CN(C(=O)c1cc(C(C)C)c(OCc3ccccc3)cc1OCc1ccccc1)C2. The zero-order chi connectivity index (χ0) is 31.4. The van der Waals surface area contributed by atoms with Crippen LogP contribution in [0.5, 0.6) is 11.5 Å². The number of carbonyl (C=O) groups excluding carboxylic acids is 1. The zero-order valence-corrected chi connectivity index (χ0v) is 26.6. The van der Waals surface area contributed by atoms with Crippen LogP contribution in [0.4, 0.5) is 0 Å². The van der Waals surface area contributed by atoms with Gasteiger partial charge in [-0.05, 0) is 45.4 Å². The number of nitrogens with zero attached hydrogens (tertiary/aromatic N) is 1. The van der Waals surface area contributed by atoms with Gasteiger partial charge in [-0.2, -0.15) is 0 Å². The van der Waals surface area contributed by atoms with Crippen LogP contribution < -0.4 is 14.8 Å². The minimum absolute atomic E-state index is 0.0429. The van der Waals surface area contributed by atoms with Gasteiger partial charge in [0, 0.05) is 39.4 Å². The van der Waals surface area contributed by atoms with Crippen molar-refractivity contribution in [3.63, 3.8) is 0 Å². The Kier molecular flexibility index (Phi) is 11.6. The molecule has 1 aliphatic heterocycles. The molecular formula is C38H44N2O5. The fourth-order valence-electron chi connectivity index (χ4n) is 5.40. The summed E-state index contributed by atoms with van der Waals surface area (Å²) in [6.45, 7) is 9.51. The first-order valence-electron chi connectivity index (χ1n) is 15.7. The lowest BCUT2D eigenvalue weighted by Gasteiger charge is -2.22. The highest BCUT2D eigenvalue weighted by molar-refractivity contribution is 5.98. The molecule has 1 amide bonds. The Hall–Kier alpha value is -4.17. The summed E-state index contributed by atoms with van der Waals surface area (Å²) in [5, 5.41) is 3.43. The van der Waals surface area contributed by atoms with Crippen LogP contribution in [0.3, 0.4) is 0 Å². The maximum absolute atomic E-state index is 14.2. The van der Waals surface area contributed by atoms with Crippen LogP contribution in [0.2, 0.25) is 0 Å². The quantitative estimate of drug-likeness (QED) is 0.140. The Morgan fingerprint density at radius 2 is 1.42 bits per heavy atom. The van der Waals surface area contributed by atoms with Crippen molar-refractivity contribution < 1.29 is 23.7 Å². The van der Waals surface area contributed by atoms with Crippen molar-refractivity contribution in [3.05, 3.63) is 130 Å². The van der Waals surface area contributed by atoms with Gasteiger partial charge in [0.1, 0.15) is 24.7 Å². The van der Waals surface area contributed by atoms with Gasteiger partial charge in [-0.3, -0.25) is 4.79 Å². The van der Waals surface area contributed by atoms with Gasteiger partial charge in [-0.25, -0.2) is 0 Å². The Morgan fingerprint density at radius 3 is 2.09 bits per heavy atom. The van der Waals surface area contributed by atoms with Crippen molar-refractivity contribution >= 4 is 5.91 Å². The Morgan fingerprint density at radius 1 is 0.756 bits per heavy atom. The van der Waals surface area contributed by atoms with Crippen molar-refractivity contribution in [1.82, 2.24) is 10.2 Å². The monoisotopic (exact) mass is 608 g/mol. The predicted octanol–water partition coefficient (Wildman–Crippen LogP) is 6.88. The van der Waals surface area contributed by atoms with Gasteiger partial charge < -0.3 is 29.2 Å². The first kappa shape index (κ1) is 32.2. The van der Waals surface area contributed by atoms with E-state index in [-0.39, 0.29) is 11.8 Å². The number of hydrogen-bond acceptors (Lipinski definition) is 6. The van der Waals surface area contributed by atoms with Crippen LogP contribution in [0.25, 0.3) is 0 Å². The second kappa shape index (κ2) is 16.2. The van der Waals surface area contributed by atoms with Gasteiger partial charge in [0.05, 0.1) is 25.4 Å². The Balaban J connectivity index is 1.32. The Labute approximate surface area is 267 Å². The fraction of sp³-hybridized carbons (Fsp3) is 0.342. The largest absolute Gasteiger partial charge is 0.488 e. The van der Waals surface area contributed by atoms with E-state index in [4.69, 9.17) is 18.9 Å². The van der Waals surface area contributed by atoms with E-state index in [1.54, 1.807) is 7.11 Å². The van der Waals surface area contributed by atoms with Gasteiger partial charge in [0.2, 0.25) is 0 Å². The molecule has 7 heteroatoms. The number of nitrogens with one attached hydrogen (secondary N) is 1. The molecule has 0 saturated heterocycles. The molecule has 0 unspecified atom stereocenters. The molecule has 0 saturated carbocycles. The second-order valence-corrected chi connectivity index (χ2v) is 11.6. The maximum atomic E-state index is 14.2. The molecule has 0 atom stereocenters. The second-order valence-electron chi connectivity index (χ2n) is 11.6. The number of methoxy groups -OCH3 is 1. The number of amides is 1. The number of fused-ring (bicyclic) bond motifs is 1. The number of ether oxygens (including phenoxy) is 4. The molecule has 0 spiro atoms. The van der Waals surface area contributed by atoms with Crippen LogP contribution in [-0.4, -0.2) is 44.3 Å². The molecule has 1 N–H and O–H groups in total. The van der Waals surface area contributed by atoms with Gasteiger partial charge in [0.25, 0.3) is 5.91 Å². The predicted molar refractivity (Wildman–Crippen MR) is 177 cm³/mol. The summed E-state index contributed by atoms with van der Waals surface area (Å²) in [5.41, 5.74) is 7.20. The lowest BCUT2D eigenvalue weighted by atomic mass is 9.98. The van der Waals surface area contributed by atoms with E-state index in [9.17, 15) is 4.79 Å². The number of benzene rings is 4.